The van der Waals surface area contributed by atoms with Crippen LogP contribution in [0.2, 0.25) is 0 Å². The average Bonchev–Trinajstić information content (AvgIpc) is 2.01. The SMILES string of the molecule is CN1CCNCC1CNS(C)(=O)=O. The first-order chi connectivity index (χ1) is 5.99. The van der Waals surface area contributed by atoms with Crippen LogP contribution in [0.5, 0.6) is 0 Å². The van der Waals surface area contributed by atoms with Gasteiger partial charge in [-0.15, -0.1) is 0 Å². The Balaban J connectivity index is 2.35. The fourth-order valence-electron chi connectivity index (χ4n) is 1.34. The number of rotatable bonds is 3. The van der Waals surface area contributed by atoms with Gasteiger partial charge >= 0.3 is 0 Å². The van der Waals surface area contributed by atoms with Crippen molar-refractivity contribution in [2.45, 2.75) is 6.04 Å². The first-order valence-corrected chi connectivity index (χ1v) is 6.24. The summed E-state index contributed by atoms with van der Waals surface area (Å²) in [5.74, 6) is 0. The molecule has 0 aromatic carbocycles. The zero-order chi connectivity index (χ0) is 9.90. The van der Waals surface area contributed by atoms with Gasteiger partial charge in [0.15, 0.2) is 0 Å². The quantitative estimate of drug-likeness (QED) is 0.587. The van der Waals surface area contributed by atoms with E-state index in [0.29, 0.717) is 6.54 Å². The van der Waals surface area contributed by atoms with Gasteiger partial charge in [0.1, 0.15) is 0 Å². The van der Waals surface area contributed by atoms with Gasteiger partial charge in [-0.1, -0.05) is 0 Å². The molecular weight excluding hydrogens is 190 g/mol. The number of sulfonamides is 1. The van der Waals surface area contributed by atoms with Gasteiger partial charge in [0.05, 0.1) is 6.26 Å². The number of piperazine rings is 1. The number of hydrogen-bond donors (Lipinski definition) is 2. The van der Waals surface area contributed by atoms with Crippen LogP contribution in [0.3, 0.4) is 0 Å². The molecule has 13 heavy (non-hydrogen) atoms. The minimum absolute atomic E-state index is 0.267. The molecule has 1 atom stereocenters. The molecule has 1 aliphatic heterocycles. The van der Waals surface area contributed by atoms with Gasteiger partial charge in [-0.3, -0.25) is 4.90 Å². The molecule has 0 radical (unpaired) electrons. The van der Waals surface area contributed by atoms with E-state index in [9.17, 15) is 8.42 Å². The highest BCUT2D eigenvalue weighted by molar-refractivity contribution is 7.88. The van der Waals surface area contributed by atoms with Gasteiger partial charge in [0.25, 0.3) is 0 Å². The summed E-state index contributed by atoms with van der Waals surface area (Å²) in [4.78, 5) is 2.16. The molecule has 1 saturated heterocycles. The molecule has 0 aromatic heterocycles. The minimum Gasteiger partial charge on any atom is -0.314 e. The van der Waals surface area contributed by atoms with Crippen molar-refractivity contribution in [1.82, 2.24) is 14.9 Å². The zero-order valence-electron chi connectivity index (χ0n) is 8.08. The van der Waals surface area contributed by atoms with E-state index in [1.807, 2.05) is 7.05 Å². The first-order valence-electron chi connectivity index (χ1n) is 4.34. The molecule has 0 spiro atoms. The van der Waals surface area contributed by atoms with E-state index >= 15 is 0 Å². The van der Waals surface area contributed by atoms with Crippen molar-refractivity contribution in [3.05, 3.63) is 0 Å². The monoisotopic (exact) mass is 207 g/mol. The van der Waals surface area contributed by atoms with Crippen LogP contribution in [0.4, 0.5) is 0 Å². The maximum Gasteiger partial charge on any atom is 0.208 e. The van der Waals surface area contributed by atoms with E-state index in [1.165, 1.54) is 6.26 Å². The summed E-state index contributed by atoms with van der Waals surface area (Å²) >= 11 is 0. The molecule has 2 N–H and O–H groups in total. The van der Waals surface area contributed by atoms with Crippen molar-refractivity contribution in [3.63, 3.8) is 0 Å². The Kier molecular flexibility index (Phi) is 3.66. The summed E-state index contributed by atoms with van der Waals surface area (Å²) < 4.78 is 24.2. The number of hydrogen-bond acceptors (Lipinski definition) is 4. The number of likely N-dealkylation sites (N-methyl/N-ethyl adjacent to an activating group) is 1. The Labute approximate surface area is 79.5 Å². The van der Waals surface area contributed by atoms with Gasteiger partial charge in [-0.2, -0.15) is 0 Å². The van der Waals surface area contributed by atoms with Crippen LogP contribution in [0.1, 0.15) is 0 Å². The van der Waals surface area contributed by atoms with Crippen molar-refractivity contribution < 1.29 is 8.42 Å². The summed E-state index contributed by atoms with van der Waals surface area (Å²) in [7, 11) is -1.04. The fraction of sp³-hybridized carbons (Fsp3) is 1.00. The van der Waals surface area contributed by atoms with E-state index in [4.69, 9.17) is 0 Å². The summed E-state index contributed by atoms with van der Waals surface area (Å²) in [6.07, 6.45) is 1.18. The Hall–Kier alpha value is -0.170. The fourth-order valence-corrected chi connectivity index (χ4v) is 1.83. The lowest BCUT2D eigenvalue weighted by atomic mass is 10.2. The van der Waals surface area contributed by atoms with E-state index in [1.54, 1.807) is 0 Å². The zero-order valence-corrected chi connectivity index (χ0v) is 8.89. The molecule has 5 nitrogen and oxygen atoms in total. The van der Waals surface area contributed by atoms with Crippen LogP contribution in [-0.4, -0.2) is 58.8 Å². The lowest BCUT2D eigenvalue weighted by Crippen LogP contribution is -2.53. The molecule has 0 saturated carbocycles. The number of nitrogens with one attached hydrogen (secondary N) is 2. The molecular formula is C7H17N3O2S. The summed E-state index contributed by atoms with van der Waals surface area (Å²) in [5, 5.41) is 3.23. The Bertz CT molecular complexity index is 252. The maximum absolute atomic E-state index is 10.8. The third-order valence-electron chi connectivity index (χ3n) is 2.23. The van der Waals surface area contributed by atoms with E-state index < -0.39 is 10.0 Å². The second kappa shape index (κ2) is 4.36. The molecule has 1 heterocycles. The van der Waals surface area contributed by atoms with Crippen molar-refractivity contribution >= 4 is 10.0 Å². The second-order valence-electron chi connectivity index (χ2n) is 3.46. The maximum atomic E-state index is 10.8. The molecule has 6 heteroatoms. The topological polar surface area (TPSA) is 61.4 Å². The molecule has 0 aromatic rings. The van der Waals surface area contributed by atoms with Gasteiger partial charge in [0.2, 0.25) is 10.0 Å². The Morgan fingerprint density at radius 2 is 2.31 bits per heavy atom. The van der Waals surface area contributed by atoms with E-state index in [0.717, 1.165) is 19.6 Å². The van der Waals surface area contributed by atoms with Crippen LogP contribution in [0.15, 0.2) is 0 Å². The van der Waals surface area contributed by atoms with Crippen molar-refractivity contribution in [2.24, 2.45) is 0 Å². The predicted molar refractivity (Wildman–Crippen MR) is 52.1 cm³/mol. The third-order valence-corrected chi connectivity index (χ3v) is 2.92. The van der Waals surface area contributed by atoms with Gasteiger partial charge < -0.3 is 5.32 Å². The third kappa shape index (κ3) is 4.04. The Morgan fingerprint density at radius 3 is 2.85 bits per heavy atom. The summed E-state index contributed by atoms with van der Waals surface area (Å²) in [6.45, 7) is 3.28. The van der Waals surface area contributed by atoms with Gasteiger partial charge in [-0.05, 0) is 7.05 Å². The van der Waals surface area contributed by atoms with Gasteiger partial charge in [0, 0.05) is 32.2 Å². The predicted octanol–water partition coefficient (Wildman–Crippen LogP) is -1.56. The summed E-state index contributed by atoms with van der Waals surface area (Å²) in [5.41, 5.74) is 0. The average molecular weight is 207 g/mol. The standard InChI is InChI=1S/C7H17N3O2S/c1-10-4-3-8-5-7(10)6-9-13(2,11)12/h7-9H,3-6H2,1-2H3. The molecule has 1 rings (SSSR count). The lowest BCUT2D eigenvalue weighted by molar-refractivity contribution is 0.202. The highest BCUT2D eigenvalue weighted by Crippen LogP contribution is 1.98. The van der Waals surface area contributed by atoms with Crippen molar-refractivity contribution in [2.75, 3.05) is 39.5 Å². The smallest absolute Gasteiger partial charge is 0.208 e. The van der Waals surface area contributed by atoms with E-state index in [2.05, 4.69) is 14.9 Å². The largest absolute Gasteiger partial charge is 0.314 e. The van der Waals surface area contributed by atoms with Gasteiger partial charge in [-0.25, -0.2) is 13.1 Å². The molecule has 1 fully saturated rings. The number of nitrogens with zero attached hydrogens (tertiary/aromatic N) is 1. The van der Waals surface area contributed by atoms with Crippen LogP contribution in [-0.2, 0) is 10.0 Å². The molecule has 78 valence electrons. The highest BCUT2D eigenvalue weighted by Gasteiger charge is 2.19. The minimum atomic E-state index is -3.05. The van der Waals surface area contributed by atoms with Crippen LogP contribution < -0.4 is 10.0 Å². The normalized spacial score (nSPS) is 26.2. The van der Waals surface area contributed by atoms with E-state index in [-0.39, 0.29) is 6.04 Å². The van der Waals surface area contributed by atoms with Crippen molar-refractivity contribution in [1.29, 1.82) is 0 Å². The van der Waals surface area contributed by atoms with Crippen LogP contribution in [0.25, 0.3) is 0 Å². The molecule has 0 bridgehead atoms. The molecule has 0 amide bonds. The molecule has 1 aliphatic rings. The van der Waals surface area contributed by atoms with Crippen LogP contribution in [0, 0.1) is 0 Å². The van der Waals surface area contributed by atoms with Crippen LogP contribution >= 0.6 is 0 Å². The molecule has 1 unspecified atom stereocenters. The summed E-state index contributed by atoms with van der Waals surface area (Å²) in [6, 6.07) is 0.267. The first kappa shape index (κ1) is 10.9. The second-order valence-corrected chi connectivity index (χ2v) is 5.29. The lowest BCUT2D eigenvalue weighted by Gasteiger charge is -2.32. The highest BCUT2D eigenvalue weighted by atomic mass is 32.2. The Morgan fingerprint density at radius 1 is 1.62 bits per heavy atom. The van der Waals surface area contributed by atoms with Crippen molar-refractivity contribution in [3.8, 4) is 0 Å². The molecule has 0 aliphatic carbocycles.